The molecule has 1 unspecified atom stereocenters. The van der Waals surface area contributed by atoms with Crippen LogP contribution in [-0.2, 0) is 9.53 Å². The van der Waals surface area contributed by atoms with Crippen molar-refractivity contribution in [3.8, 4) is 0 Å². The fourth-order valence-electron chi connectivity index (χ4n) is 3.66. The number of aliphatic hydroxyl groups is 1. The average molecular weight is 389 g/mol. The molecule has 1 atom stereocenters. The first kappa shape index (κ1) is 18.6. The fraction of sp³-hybridized carbons (Fsp3) is 0.350. The van der Waals surface area contributed by atoms with Gasteiger partial charge in [0.25, 0.3) is 5.91 Å². The summed E-state index contributed by atoms with van der Waals surface area (Å²) in [5.41, 5.74) is 0.928. The van der Waals surface area contributed by atoms with E-state index < -0.39 is 23.3 Å². The molecular weight excluding hydrogens is 368 g/mol. The summed E-state index contributed by atoms with van der Waals surface area (Å²) in [4.78, 5) is 14.8. The van der Waals surface area contributed by atoms with Gasteiger partial charge in [0.1, 0.15) is 0 Å². The van der Waals surface area contributed by atoms with E-state index in [4.69, 9.17) is 4.74 Å². The Morgan fingerprint density at radius 3 is 2.79 bits per heavy atom. The van der Waals surface area contributed by atoms with Gasteiger partial charge >= 0.3 is 0 Å². The molecule has 0 aliphatic carbocycles. The number of nitrogens with one attached hydrogen (secondary N) is 2. The van der Waals surface area contributed by atoms with Crippen LogP contribution in [-0.4, -0.2) is 47.4 Å². The second-order valence-corrected chi connectivity index (χ2v) is 7.08. The predicted octanol–water partition coefficient (Wildman–Crippen LogP) is 1.61. The maximum atomic E-state index is 13.7. The molecule has 0 aromatic heterocycles. The number of carbonyl (C=O) groups is 1. The lowest BCUT2D eigenvalue weighted by molar-refractivity contribution is -0.129. The fourth-order valence-corrected chi connectivity index (χ4v) is 3.66. The topological polar surface area (TPSA) is 73.8 Å². The zero-order valence-corrected chi connectivity index (χ0v) is 15.1. The van der Waals surface area contributed by atoms with E-state index in [1.165, 1.54) is 6.07 Å². The van der Waals surface area contributed by atoms with Gasteiger partial charge in [-0.05, 0) is 43.2 Å². The Balaban J connectivity index is 1.60. The first-order valence-electron chi connectivity index (χ1n) is 9.13. The Morgan fingerprint density at radius 2 is 2.07 bits per heavy atom. The maximum Gasteiger partial charge on any atom is 0.264 e. The van der Waals surface area contributed by atoms with E-state index in [0.29, 0.717) is 43.0 Å². The molecule has 8 heteroatoms. The van der Waals surface area contributed by atoms with Crippen molar-refractivity contribution in [2.24, 2.45) is 0 Å². The number of nitrogens with zero attached hydrogens (tertiary/aromatic N) is 1. The Bertz CT molecular complexity index is 875. The van der Waals surface area contributed by atoms with Crippen LogP contribution in [0, 0.1) is 11.6 Å². The number of ether oxygens (including phenoxy) is 1. The molecule has 28 heavy (non-hydrogen) atoms. The molecule has 1 saturated heterocycles. The van der Waals surface area contributed by atoms with Gasteiger partial charge in [0.2, 0.25) is 0 Å². The second-order valence-electron chi connectivity index (χ2n) is 7.08. The number of rotatable bonds is 4. The van der Waals surface area contributed by atoms with E-state index in [1.807, 2.05) is 0 Å². The quantitative estimate of drug-likeness (QED) is 0.730. The average Bonchev–Trinajstić information content (AvgIpc) is 3.11. The molecule has 3 aliphatic heterocycles. The molecule has 0 radical (unpaired) electrons. The maximum absolute atomic E-state index is 13.7. The van der Waals surface area contributed by atoms with Crippen molar-refractivity contribution in [1.29, 1.82) is 0 Å². The highest BCUT2D eigenvalue weighted by Gasteiger charge is 2.40. The van der Waals surface area contributed by atoms with Gasteiger partial charge in [0.15, 0.2) is 17.8 Å². The van der Waals surface area contributed by atoms with Crippen molar-refractivity contribution < 1.29 is 23.4 Å². The summed E-state index contributed by atoms with van der Waals surface area (Å²) in [6.45, 7) is 0.755. The number of hydrogen-bond donors (Lipinski definition) is 3. The van der Waals surface area contributed by atoms with E-state index in [-0.39, 0.29) is 12.5 Å². The van der Waals surface area contributed by atoms with Crippen LogP contribution < -0.4 is 10.6 Å². The lowest BCUT2D eigenvalue weighted by atomic mass is 9.91. The number of halogens is 2. The van der Waals surface area contributed by atoms with Crippen molar-refractivity contribution in [3.63, 3.8) is 0 Å². The van der Waals surface area contributed by atoms with Gasteiger partial charge in [0.05, 0.1) is 23.5 Å². The minimum atomic E-state index is -0.955. The van der Waals surface area contributed by atoms with Gasteiger partial charge in [-0.3, -0.25) is 4.79 Å². The van der Waals surface area contributed by atoms with Crippen molar-refractivity contribution >= 4 is 11.6 Å². The predicted molar refractivity (Wildman–Crippen MR) is 98.3 cm³/mol. The van der Waals surface area contributed by atoms with Crippen LogP contribution in [0.2, 0.25) is 0 Å². The summed E-state index contributed by atoms with van der Waals surface area (Å²) in [5, 5.41) is 15.9. The molecule has 6 nitrogen and oxygen atoms in total. The van der Waals surface area contributed by atoms with E-state index in [0.717, 1.165) is 12.1 Å². The van der Waals surface area contributed by atoms with Crippen LogP contribution in [0.3, 0.4) is 0 Å². The van der Waals surface area contributed by atoms with E-state index in [2.05, 4.69) is 10.6 Å². The lowest BCUT2D eigenvalue weighted by Gasteiger charge is -2.38. The van der Waals surface area contributed by atoms with Gasteiger partial charge in [-0.25, -0.2) is 8.78 Å². The SMILES string of the molecule is O=C(NC1(CO)CCOCC1)C1NC(c2ccc(F)c(F)c2)=C2C=CC=CN21. The summed E-state index contributed by atoms with van der Waals surface area (Å²) in [7, 11) is 0. The molecule has 148 valence electrons. The molecule has 1 fully saturated rings. The van der Waals surface area contributed by atoms with Crippen molar-refractivity contribution in [2.45, 2.75) is 24.5 Å². The number of allylic oxidation sites excluding steroid dienone is 3. The van der Waals surface area contributed by atoms with Crippen LogP contribution in [0.1, 0.15) is 18.4 Å². The molecular formula is C20H21F2N3O3. The number of amides is 1. The highest BCUT2D eigenvalue weighted by molar-refractivity contribution is 5.88. The van der Waals surface area contributed by atoms with Crippen molar-refractivity contribution in [1.82, 2.24) is 15.5 Å². The third-order valence-corrected chi connectivity index (χ3v) is 5.30. The van der Waals surface area contributed by atoms with Crippen LogP contribution in [0.4, 0.5) is 8.78 Å². The highest BCUT2D eigenvalue weighted by atomic mass is 19.2. The molecule has 1 amide bonds. The third kappa shape index (κ3) is 3.29. The summed E-state index contributed by atoms with van der Waals surface area (Å²) < 4.78 is 32.4. The normalized spacial score (nSPS) is 22.8. The number of fused-ring (bicyclic) bond motifs is 1. The Kier molecular flexibility index (Phi) is 4.91. The van der Waals surface area contributed by atoms with E-state index in [9.17, 15) is 18.7 Å². The van der Waals surface area contributed by atoms with Crippen molar-refractivity contribution in [3.05, 3.63) is 65.5 Å². The summed E-state index contributed by atoms with van der Waals surface area (Å²) in [6, 6.07) is 3.62. The summed E-state index contributed by atoms with van der Waals surface area (Å²) >= 11 is 0. The molecule has 0 bridgehead atoms. The van der Waals surface area contributed by atoms with E-state index >= 15 is 0 Å². The largest absolute Gasteiger partial charge is 0.394 e. The minimum Gasteiger partial charge on any atom is -0.394 e. The van der Waals surface area contributed by atoms with Gasteiger partial charge in [0, 0.05) is 25.0 Å². The third-order valence-electron chi connectivity index (χ3n) is 5.30. The van der Waals surface area contributed by atoms with Crippen LogP contribution in [0.15, 0.2) is 48.3 Å². The molecule has 3 heterocycles. The standard InChI is InChI=1S/C20H21F2N3O3/c21-14-5-4-13(11-15(14)22)17-16-3-1-2-8-25(16)18(23-17)19(27)24-20(12-26)6-9-28-10-7-20/h1-5,8,11,18,23,26H,6-7,9-10,12H2,(H,24,27). The number of carbonyl (C=O) groups excluding carboxylic acids is 1. The van der Waals surface area contributed by atoms with Crippen molar-refractivity contribution in [2.75, 3.05) is 19.8 Å². The number of hydrogen-bond acceptors (Lipinski definition) is 5. The Morgan fingerprint density at radius 1 is 1.29 bits per heavy atom. The number of benzene rings is 1. The van der Waals surface area contributed by atoms with E-state index in [1.54, 1.807) is 29.3 Å². The number of aliphatic hydroxyl groups excluding tert-OH is 1. The molecule has 3 aliphatic rings. The zero-order valence-electron chi connectivity index (χ0n) is 15.1. The van der Waals surface area contributed by atoms with Gasteiger partial charge < -0.3 is 25.4 Å². The smallest absolute Gasteiger partial charge is 0.264 e. The lowest BCUT2D eigenvalue weighted by Crippen LogP contribution is -2.60. The first-order chi connectivity index (χ1) is 13.5. The second kappa shape index (κ2) is 7.37. The summed E-state index contributed by atoms with van der Waals surface area (Å²) in [6.07, 6.45) is 7.41. The van der Waals surface area contributed by atoms with Crippen LogP contribution in [0.5, 0.6) is 0 Å². The van der Waals surface area contributed by atoms with Gasteiger partial charge in [-0.2, -0.15) is 0 Å². The van der Waals surface area contributed by atoms with Gasteiger partial charge in [-0.15, -0.1) is 0 Å². The summed E-state index contributed by atoms with van der Waals surface area (Å²) in [5.74, 6) is -2.20. The van der Waals surface area contributed by atoms with Gasteiger partial charge in [-0.1, -0.05) is 6.08 Å². The van der Waals surface area contributed by atoms with Crippen LogP contribution >= 0.6 is 0 Å². The molecule has 4 rings (SSSR count). The Hall–Kier alpha value is -2.71. The first-order valence-corrected chi connectivity index (χ1v) is 9.13. The molecule has 1 aromatic carbocycles. The monoisotopic (exact) mass is 389 g/mol. The van der Waals surface area contributed by atoms with Crippen LogP contribution in [0.25, 0.3) is 5.70 Å². The minimum absolute atomic E-state index is 0.180. The Labute approximate surface area is 161 Å². The zero-order chi connectivity index (χ0) is 19.7. The molecule has 3 N–H and O–H groups in total. The highest BCUT2D eigenvalue weighted by Crippen LogP contribution is 2.32. The molecule has 0 spiro atoms. The molecule has 1 aromatic rings. The molecule has 0 saturated carbocycles.